The van der Waals surface area contributed by atoms with Crippen LogP contribution in [0.1, 0.15) is 40.0 Å². The molecule has 1 atom stereocenters. The van der Waals surface area contributed by atoms with Crippen LogP contribution < -0.4 is 0 Å². The van der Waals surface area contributed by atoms with Crippen molar-refractivity contribution >= 4 is 6.09 Å². The van der Waals surface area contributed by atoms with Crippen LogP contribution in [0.25, 0.3) is 0 Å². The van der Waals surface area contributed by atoms with E-state index in [4.69, 9.17) is 9.84 Å². The summed E-state index contributed by atoms with van der Waals surface area (Å²) in [4.78, 5) is 12.3. The van der Waals surface area contributed by atoms with Crippen molar-refractivity contribution in [2.75, 3.05) is 6.54 Å². The van der Waals surface area contributed by atoms with E-state index in [0.717, 1.165) is 19.3 Å². The first-order chi connectivity index (χ1) is 6.40. The number of ether oxygens (including phenoxy) is 1. The molecule has 82 valence electrons. The van der Waals surface area contributed by atoms with Gasteiger partial charge in [-0.2, -0.15) is 0 Å². The van der Waals surface area contributed by atoms with Gasteiger partial charge in [0.05, 0.1) is 5.60 Å². The summed E-state index contributed by atoms with van der Waals surface area (Å²) in [5.74, 6) is 0. The number of amides is 1. The summed E-state index contributed by atoms with van der Waals surface area (Å²) < 4.78 is 5.70. The van der Waals surface area contributed by atoms with Gasteiger partial charge in [-0.3, -0.25) is 4.90 Å². The molecular weight excluding hydrogens is 182 g/mol. The number of rotatable bonds is 1. The Balaban J connectivity index is 2.59. The van der Waals surface area contributed by atoms with Crippen LogP contribution in [-0.4, -0.2) is 34.5 Å². The minimum atomic E-state index is -0.876. The fourth-order valence-corrected chi connectivity index (χ4v) is 1.65. The topological polar surface area (TPSA) is 49.8 Å². The average Bonchev–Trinajstić information content (AvgIpc) is 2.01. The van der Waals surface area contributed by atoms with E-state index in [1.807, 2.05) is 20.8 Å². The van der Waals surface area contributed by atoms with Gasteiger partial charge < -0.3 is 9.84 Å². The normalized spacial score (nSPS) is 23.6. The Labute approximate surface area is 84.8 Å². The maximum atomic E-state index is 10.9. The molecule has 1 fully saturated rings. The van der Waals surface area contributed by atoms with Crippen LogP contribution in [0.2, 0.25) is 0 Å². The Hall–Kier alpha value is -0.770. The molecule has 1 amide bonds. The van der Waals surface area contributed by atoms with E-state index in [2.05, 4.69) is 0 Å². The lowest BCUT2D eigenvalue weighted by atomic mass is 10.1. The monoisotopic (exact) mass is 201 g/mol. The van der Waals surface area contributed by atoms with Gasteiger partial charge in [-0.1, -0.05) is 0 Å². The van der Waals surface area contributed by atoms with Crippen LogP contribution in [0.15, 0.2) is 0 Å². The van der Waals surface area contributed by atoms with Crippen LogP contribution in [0, 0.1) is 0 Å². The second kappa shape index (κ2) is 4.17. The molecule has 0 bridgehead atoms. The molecule has 1 saturated heterocycles. The molecule has 14 heavy (non-hydrogen) atoms. The van der Waals surface area contributed by atoms with Gasteiger partial charge in [-0.05, 0) is 40.0 Å². The second-order valence-corrected chi connectivity index (χ2v) is 4.66. The van der Waals surface area contributed by atoms with Gasteiger partial charge in [0.15, 0.2) is 0 Å². The lowest BCUT2D eigenvalue weighted by Gasteiger charge is -2.37. The molecule has 0 aromatic rings. The molecular formula is C10H19NO3. The van der Waals surface area contributed by atoms with Gasteiger partial charge in [-0.15, -0.1) is 0 Å². The first-order valence-corrected chi connectivity index (χ1v) is 5.07. The smallest absolute Gasteiger partial charge is 0.409 e. The van der Waals surface area contributed by atoms with Crippen molar-refractivity contribution < 1.29 is 14.6 Å². The predicted molar refractivity (Wildman–Crippen MR) is 53.2 cm³/mol. The van der Waals surface area contributed by atoms with Crippen LogP contribution in [0.5, 0.6) is 0 Å². The molecule has 1 heterocycles. The largest absolute Gasteiger partial charge is 0.465 e. The highest BCUT2D eigenvalue weighted by molar-refractivity contribution is 5.65. The summed E-state index contributed by atoms with van der Waals surface area (Å²) in [5.41, 5.74) is -0.282. The minimum Gasteiger partial charge on any atom is -0.465 e. The van der Waals surface area contributed by atoms with E-state index < -0.39 is 6.09 Å². The third-order valence-corrected chi connectivity index (χ3v) is 2.18. The Morgan fingerprint density at radius 1 is 1.43 bits per heavy atom. The molecule has 0 radical (unpaired) electrons. The van der Waals surface area contributed by atoms with Crippen molar-refractivity contribution in [1.82, 2.24) is 4.90 Å². The second-order valence-electron chi connectivity index (χ2n) is 4.66. The zero-order chi connectivity index (χ0) is 10.8. The van der Waals surface area contributed by atoms with Crippen LogP contribution in [0.4, 0.5) is 4.79 Å². The molecule has 0 saturated carbocycles. The summed E-state index contributed by atoms with van der Waals surface area (Å²) in [6.07, 6.45) is 1.66. The van der Waals surface area contributed by atoms with E-state index in [0.29, 0.717) is 6.54 Å². The molecule has 4 heteroatoms. The van der Waals surface area contributed by atoms with Crippen LogP contribution in [-0.2, 0) is 4.74 Å². The predicted octanol–water partition coefficient (Wildman–Crippen LogP) is 2.29. The summed E-state index contributed by atoms with van der Waals surface area (Å²) in [6.45, 7) is 6.43. The van der Waals surface area contributed by atoms with Crippen molar-refractivity contribution in [3.05, 3.63) is 0 Å². The number of carboxylic acid groups (broad SMARTS) is 1. The number of carbonyl (C=O) groups is 1. The Morgan fingerprint density at radius 2 is 2.07 bits per heavy atom. The molecule has 0 aromatic carbocycles. The Kier molecular flexibility index (Phi) is 3.37. The fourth-order valence-electron chi connectivity index (χ4n) is 1.65. The number of nitrogens with zero attached hydrogens (tertiary/aromatic N) is 1. The van der Waals surface area contributed by atoms with Gasteiger partial charge in [0.2, 0.25) is 0 Å². The average molecular weight is 201 g/mol. The molecule has 1 rings (SSSR count). The molecule has 1 aliphatic rings. The zero-order valence-corrected chi connectivity index (χ0v) is 9.12. The highest BCUT2D eigenvalue weighted by Gasteiger charge is 2.30. The number of piperidine rings is 1. The SMILES string of the molecule is CC(C)(C)OC1CCCCN1C(=O)O. The van der Waals surface area contributed by atoms with Crippen molar-refractivity contribution in [1.29, 1.82) is 0 Å². The van der Waals surface area contributed by atoms with E-state index in [-0.39, 0.29) is 11.8 Å². The van der Waals surface area contributed by atoms with Gasteiger partial charge in [0.25, 0.3) is 0 Å². The third-order valence-electron chi connectivity index (χ3n) is 2.18. The summed E-state index contributed by atoms with van der Waals surface area (Å²) in [5, 5.41) is 8.95. The molecule has 1 unspecified atom stereocenters. The quantitative estimate of drug-likeness (QED) is 0.708. The molecule has 0 spiro atoms. The minimum absolute atomic E-state index is 0.263. The summed E-state index contributed by atoms with van der Waals surface area (Å²) in [6, 6.07) is 0. The lowest BCUT2D eigenvalue weighted by Crippen LogP contribution is -2.47. The van der Waals surface area contributed by atoms with Gasteiger partial charge >= 0.3 is 6.09 Å². The number of likely N-dealkylation sites (tertiary alicyclic amines) is 1. The maximum absolute atomic E-state index is 10.9. The van der Waals surface area contributed by atoms with Gasteiger partial charge in [0.1, 0.15) is 6.23 Å². The van der Waals surface area contributed by atoms with E-state index >= 15 is 0 Å². The highest BCUT2D eigenvalue weighted by Crippen LogP contribution is 2.22. The van der Waals surface area contributed by atoms with Crippen molar-refractivity contribution in [3.8, 4) is 0 Å². The molecule has 0 aromatic heterocycles. The van der Waals surface area contributed by atoms with Crippen molar-refractivity contribution in [3.63, 3.8) is 0 Å². The van der Waals surface area contributed by atoms with Gasteiger partial charge in [-0.25, -0.2) is 4.79 Å². The standard InChI is InChI=1S/C10H19NO3/c1-10(2,3)14-8-6-4-5-7-11(8)9(12)13/h8H,4-7H2,1-3H3,(H,12,13). The molecule has 1 N–H and O–H groups in total. The van der Waals surface area contributed by atoms with E-state index in [1.165, 1.54) is 4.90 Å². The Morgan fingerprint density at radius 3 is 2.57 bits per heavy atom. The lowest BCUT2D eigenvalue weighted by molar-refractivity contribution is -0.134. The maximum Gasteiger partial charge on any atom is 0.409 e. The first kappa shape index (κ1) is 11.3. The fraction of sp³-hybridized carbons (Fsp3) is 0.900. The molecule has 0 aliphatic carbocycles. The Bertz CT molecular complexity index is 210. The van der Waals surface area contributed by atoms with E-state index in [1.54, 1.807) is 0 Å². The van der Waals surface area contributed by atoms with Crippen LogP contribution >= 0.6 is 0 Å². The van der Waals surface area contributed by atoms with Gasteiger partial charge in [0, 0.05) is 6.54 Å². The first-order valence-electron chi connectivity index (χ1n) is 5.07. The van der Waals surface area contributed by atoms with E-state index in [9.17, 15) is 4.79 Å². The number of hydrogen-bond acceptors (Lipinski definition) is 2. The summed E-state index contributed by atoms with van der Waals surface area (Å²) >= 11 is 0. The van der Waals surface area contributed by atoms with Crippen molar-refractivity contribution in [2.24, 2.45) is 0 Å². The number of hydrogen-bond donors (Lipinski definition) is 1. The van der Waals surface area contributed by atoms with Crippen molar-refractivity contribution in [2.45, 2.75) is 51.9 Å². The molecule has 1 aliphatic heterocycles. The molecule has 4 nitrogen and oxygen atoms in total. The summed E-state index contributed by atoms with van der Waals surface area (Å²) in [7, 11) is 0. The third kappa shape index (κ3) is 3.18. The van der Waals surface area contributed by atoms with Crippen LogP contribution in [0.3, 0.4) is 0 Å². The zero-order valence-electron chi connectivity index (χ0n) is 9.12. The highest BCUT2D eigenvalue weighted by atomic mass is 16.5.